The van der Waals surface area contributed by atoms with Crippen LogP contribution in [0.4, 0.5) is 4.79 Å². The zero-order chi connectivity index (χ0) is 95.9. The van der Waals surface area contributed by atoms with Gasteiger partial charge in [0.05, 0.1) is 106 Å². The SMILES string of the molecule is CCCOCCOCCOc1ccc(-c2ccc(CCCCCCCCOc3c(OCCCCCCCCc4ccc(-c5ccc(OCCOCCOCCO)cc5)cc4)cc(COC(=O)NCC[SiH2]O[Si]45O[Si](C)(OC)O[Si]6(C)O[Si]7(C)O[SiH](C)O[Si](C)(O[Si](C)(O7)O[Si](C)(O6)O4)O5)cc3OCCCCCCCCc3ccc(-c4ccc(OCCOCCOCCO)cc4)cc3)cc2)cc1. The van der Waals surface area contributed by atoms with Crippen molar-refractivity contribution < 1.29 is 130 Å². The highest BCUT2D eigenvalue weighted by Gasteiger charge is 2.76. The van der Waals surface area contributed by atoms with E-state index in [4.69, 9.17) is 126 Å². The number of carbonyl (C=O) groups excluding carboxylic acids is 1. The number of aliphatic hydroxyl groups is 2. The van der Waals surface area contributed by atoms with Gasteiger partial charge < -0.3 is 131 Å². The van der Waals surface area contributed by atoms with E-state index >= 15 is 0 Å². The van der Waals surface area contributed by atoms with Crippen molar-refractivity contribution in [2.75, 3.05) is 146 Å². The van der Waals surface area contributed by atoms with Crippen LogP contribution in [-0.2, 0) is 113 Å². The normalized spacial score (nSPS) is 22.0. The standard InChI is InChI=1S/C97H149NO29Si9/c1-10-59-103-65-68-106-71-74-109-91-50-44-88(45-51-91)87-42-36-83(37-43-87)31-25-19-13-16-22-28-62-114-96-94(112-60-26-20-14-11-17-23-29-81-32-38-85(39-33-81)89-46-52-92(53-47-89)110-75-72-107-69-66-104-63-57-99)78-84(79-95(96)113-61-27-21-15-12-18-24-30-82-34-40-86(41-35-82)90-48-54-93(55-49-90)111-76-73-108-70-67-105-64-58-100)80-115-97(101)98-56-77-128-116-136-125-130(4,102-2)119-133(7)120-131(5)117-129(3)118-132(6,126-136)122-134(8,121-131)124-135(9,123-133)127-136/h32-55,78-79,99-100,129H,10-31,56-77,80,128H2,1-9H3,(H,98,101). The van der Waals surface area contributed by atoms with Gasteiger partial charge in [-0.05, 0) is 181 Å². The Morgan fingerprint density at radius 3 is 1.07 bits per heavy atom. The van der Waals surface area contributed by atoms with E-state index in [1.54, 1.807) is 39.3 Å². The number of fused-ring (bicyclic) bond motifs is 4. The van der Waals surface area contributed by atoms with Gasteiger partial charge in [-0.25, -0.2) is 4.79 Å². The molecular formula is C97H149NO29Si9. The summed E-state index contributed by atoms with van der Waals surface area (Å²) in [5.41, 5.74) is 11.6. The second-order valence-electron chi connectivity index (χ2n) is 34.7. The predicted molar refractivity (Wildman–Crippen MR) is 539 cm³/mol. The number of hydrogen-bond donors (Lipinski definition) is 3. The number of rotatable bonds is 68. The van der Waals surface area contributed by atoms with Crippen LogP contribution in [0.15, 0.2) is 158 Å². The van der Waals surface area contributed by atoms with Crippen LogP contribution >= 0.6 is 0 Å². The molecule has 0 saturated carbocycles. The van der Waals surface area contributed by atoms with Gasteiger partial charge in [-0.3, -0.25) is 0 Å². The van der Waals surface area contributed by atoms with Crippen molar-refractivity contribution in [3.8, 4) is 67.9 Å². The van der Waals surface area contributed by atoms with Gasteiger partial charge >= 0.3 is 77.3 Å². The van der Waals surface area contributed by atoms with Crippen molar-refractivity contribution in [2.45, 2.75) is 207 Å². The molecule has 0 aromatic heterocycles. The van der Waals surface area contributed by atoms with E-state index in [0.29, 0.717) is 141 Å². The maximum absolute atomic E-state index is 13.9. The lowest BCUT2D eigenvalue weighted by Gasteiger charge is -2.56. The fourth-order valence-corrected chi connectivity index (χ4v) is 58.9. The van der Waals surface area contributed by atoms with Crippen molar-refractivity contribution >= 4 is 87.0 Å². The molecule has 0 aliphatic carbocycles. The lowest BCUT2D eigenvalue weighted by molar-refractivity contribution is -0.0127. The summed E-state index contributed by atoms with van der Waals surface area (Å²) in [7, 11) is -29.9. The molecule has 8 atom stereocenters. The van der Waals surface area contributed by atoms with E-state index in [2.05, 4.69) is 121 Å². The first kappa shape index (κ1) is 110. The Labute approximate surface area is 817 Å². The fraction of sp³-hybridized carbons (Fsp3) is 0.557. The van der Waals surface area contributed by atoms with Gasteiger partial charge in [0.25, 0.3) is 0 Å². The molecule has 4 aliphatic rings. The molecule has 4 aliphatic heterocycles. The third-order valence-electron chi connectivity index (χ3n) is 22.8. The van der Waals surface area contributed by atoms with Crippen LogP contribution in [0.2, 0.25) is 51.9 Å². The quantitative estimate of drug-likeness (QED) is 0.0236. The highest BCUT2D eigenvalue weighted by molar-refractivity contribution is 6.98. The smallest absolute Gasteiger partial charge is 0.491 e. The van der Waals surface area contributed by atoms with Gasteiger partial charge in [0.2, 0.25) is 5.75 Å². The summed E-state index contributed by atoms with van der Waals surface area (Å²) in [6.45, 7) is 22.9. The molecule has 4 saturated heterocycles. The van der Waals surface area contributed by atoms with E-state index in [-0.39, 0.29) is 26.4 Å². The molecule has 30 nitrogen and oxygen atoms in total. The van der Waals surface area contributed by atoms with Crippen molar-refractivity contribution in [1.82, 2.24) is 5.32 Å². The molecule has 6 bridgehead atoms. The topological polar surface area (TPSA) is 310 Å². The molecule has 4 heterocycles. The van der Waals surface area contributed by atoms with E-state index in [9.17, 15) is 4.79 Å². The molecular weight excluding hydrogens is 1900 g/mol. The molecule has 136 heavy (non-hydrogen) atoms. The summed E-state index contributed by atoms with van der Waals surface area (Å²) >= 11 is 0. The summed E-state index contributed by atoms with van der Waals surface area (Å²) in [4.78, 5) is 13.9. The molecule has 0 spiro atoms. The summed E-state index contributed by atoms with van der Waals surface area (Å²) in [6.07, 6.45) is 22.3. The van der Waals surface area contributed by atoms with Crippen molar-refractivity contribution in [3.63, 3.8) is 0 Å². The zero-order valence-corrected chi connectivity index (χ0v) is 91.1. The van der Waals surface area contributed by atoms with Crippen LogP contribution < -0.4 is 33.7 Å². The summed E-state index contributed by atoms with van der Waals surface area (Å²) in [5, 5.41) is 20.7. The van der Waals surface area contributed by atoms with Crippen LogP contribution in [0.1, 0.15) is 151 Å². The van der Waals surface area contributed by atoms with Crippen molar-refractivity contribution in [2.24, 2.45) is 0 Å². The number of amides is 1. The van der Waals surface area contributed by atoms with Crippen molar-refractivity contribution in [1.29, 1.82) is 0 Å². The Kier molecular flexibility index (Phi) is 47.7. The Morgan fingerprint density at radius 1 is 0.353 bits per heavy atom. The Morgan fingerprint density at radius 2 is 0.676 bits per heavy atom. The Balaban J connectivity index is 0.688. The molecule has 11 rings (SSSR count). The molecule has 39 heteroatoms. The molecule has 752 valence electrons. The highest BCUT2D eigenvalue weighted by Crippen LogP contribution is 2.46. The maximum atomic E-state index is 13.9. The first-order valence-electron chi connectivity index (χ1n) is 49.0. The number of benzene rings is 7. The maximum Gasteiger partial charge on any atom is 0.646 e. The average Bonchev–Trinajstić information content (AvgIpc) is 0.714. The number of alkyl carbamates (subject to hydrolysis) is 1. The molecule has 4 fully saturated rings. The largest absolute Gasteiger partial charge is 0.646 e. The third kappa shape index (κ3) is 39.2. The Hall–Kier alpha value is -6.28. The first-order valence-corrected chi connectivity index (χ1v) is 67.7. The number of ether oxygens (including phenoxy) is 13. The van der Waals surface area contributed by atoms with Crippen molar-refractivity contribution in [3.05, 3.63) is 180 Å². The van der Waals surface area contributed by atoms with E-state index in [1.807, 2.05) is 55.1 Å². The molecule has 7 aromatic carbocycles. The number of hydrogen-bond acceptors (Lipinski definition) is 29. The molecule has 1 amide bonds. The average molecular weight is 2050 g/mol. The molecule has 8 unspecified atom stereocenters. The number of aliphatic hydroxyl groups excluding tert-OH is 2. The second kappa shape index (κ2) is 59.0. The lowest BCUT2D eigenvalue weighted by atomic mass is 10.0. The fourth-order valence-electron chi connectivity index (χ4n) is 16.3. The minimum atomic E-state index is -4.43. The van der Waals surface area contributed by atoms with E-state index < -0.39 is 87.0 Å². The summed E-state index contributed by atoms with van der Waals surface area (Å²) < 4.78 is 164. The van der Waals surface area contributed by atoms with Gasteiger partial charge in [0.15, 0.2) is 21.3 Å². The number of carbonyl (C=O) groups is 1. The zero-order valence-electron chi connectivity index (χ0n) is 81.5. The monoisotopic (exact) mass is 2040 g/mol. The van der Waals surface area contributed by atoms with E-state index in [1.165, 1.54) is 29.4 Å². The minimum Gasteiger partial charge on any atom is -0.491 e. The number of aryl methyl sites for hydroxylation is 3. The summed E-state index contributed by atoms with van der Waals surface area (Å²) in [6, 6.07) is 55.5. The number of nitrogens with one attached hydrogen (secondary N) is 1. The van der Waals surface area contributed by atoms with Crippen LogP contribution in [0, 0.1) is 0 Å². The van der Waals surface area contributed by atoms with Crippen LogP contribution in [-0.4, -0.2) is 243 Å². The lowest BCUT2D eigenvalue weighted by Crippen LogP contribution is -2.82. The van der Waals surface area contributed by atoms with Gasteiger partial charge in [-0.15, -0.1) is 0 Å². The summed E-state index contributed by atoms with van der Waals surface area (Å²) in [5.74, 6) is 4.07. The first-order chi connectivity index (χ1) is 66.1. The Bertz CT molecular complexity index is 4380. The minimum absolute atomic E-state index is 0.00143. The molecule has 0 radical (unpaired) electrons. The highest BCUT2D eigenvalue weighted by atomic mass is 28.6. The predicted octanol–water partition coefficient (Wildman–Crippen LogP) is 17.5. The number of unbranched alkanes of at least 4 members (excludes halogenated alkanes) is 15. The third-order valence-corrected chi connectivity index (χ3v) is 57.7. The van der Waals surface area contributed by atoms with E-state index in [0.717, 1.165) is 193 Å². The molecule has 7 aromatic rings. The van der Waals surface area contributed by atoms with Gasteiger partial charge in [0, 0.05) is 59.5 Å². The van der Waals surface area contributed by atoms with Gasteiger partial charge in [0.1, 0.15) is 43.7 Å². The van der Waals surface area contributed by atoms with Gasteiger partial charge in [-0.2, -0.15) is 0 Å². The van der Waals surface area contributed by atoms with Gasteiger partial charge in [-0.1, -0.05) is 193 Å². The van der Waals surface area contributed by atoms with Crippen LogP contribution in [0.3, 0.4) is 0 Å². The molecule has 3 N–H and O–H groups in total. The van der Waals surface area contributed by atoms with Crippen LogP contribution in [0.5, 0.6) is 34.5 Å². The second-order valence-corrected chi connectivity index (χ2v) is 59.1. The van der Waals surface area contributed by atoms with Crippen LogP contribution in [0.25, 0.3) is 33.4 Å².